The Morgan fingerprint density at radius 3 is 1.54 bits per heavy atom. The fourth-order valence-corrected chi connectivity index (χ4v) is 7.48. The van der Waals surface area contributed by atoms with Crippen LogP contribution in [0.15, 0.2) is 60.8 Å². The van der Waals surface area contributed by atoms with Crippen molar-refractivity contribution in [3.8, 4) is 0 Å². The molecule has 0 aromatic carbocycles. The molecule has 352 valence electrons. The monoisotopic (exact) mass is 883 g/mol. The Bertz CT molecular complexity index is 1360. The summed E-state index contributed by atoms with van der Waals surface area (Å²) in [6.45, 7) is 3.58. The molecule has 3 unspecified atom stereocenters. The molecule has 61 heavy (non-hydrogen) atoms. The molecule has 0 aromatic rings. The van der Waals surface area contributed by atoms with Crippen LogP contribution in [-0.2, 0) is 38.7 Å². The van der Waals surface area contributed by atoms with Crippen molar-refractivity contribution in [1.82, 2.24) is 0 Å². The van der Waals surface area contributed by atoms with Crippen LogP contribution in [0.5, 0.6) is 0 Å². The first-order valence-corrected chi connectivity index (χ1v) is 25.0. The summed E-state index contributed by atoms with van der Waals surface area (Å²) in [7, 11) is -4.61. The number of rotatable bonds is 38. The highest BCUT2D eigenvalue weighted by atomic mass is 32.2. The molecule has 0 bridgehead atoms. The number of aliphatic hydroxyl groups is 3. The highest BCUT2D eigenvalue weighted by Crippen LogP contribution is 2.24. The highest BCUT2D eigenvalue weighted by Gasteiger charge is 2.46. The van der Waals surface area contributed by atoms with Gasteiger partial charge < -0.3 is 34.3 Å². The van der Waals surface area contributed by atoms with Crippen molar-refractivity contribution in [2.75, 3.05) is 19.0 Å². The average molecular weight is 883 g/mol. The van der Waals surface area contributed by atoms with Crippen molar-refractivity contribution in [2.45, 2.75) is 211 Å². The van der Waals surface area contributed by atoms with Crippen LogP contribution in [0.4, 0.5) is 0 Å². The van der Waals surface area contributed by atoms with Crippen molar-refractivity contribution in [1.29, 1.82) is 0 Å². The summed E-state index contributed by atoms with van der Waals surface area (Å²) in [5, 5.41) is 30.9. The third-order valence-electron chi connectivity index (χ3n) is 10.4. The Hall–Kier alpha value is -2.65. The highest BCUT2D eigenvalue weighted by molar-refractivity contribution is 7.85. The first-order valence-electron chi connectivity index (χ1n) is 23.4. The molecule has 1 rings (SSSR count). The molecule has 12 nitrogen and oxygen atoms in total. The lowest BCUT2D eigenvalue weighted by atomic mass is 10.00. The minimum Gasteiger partial charge on any atom is -0.462 e. The van der Waals surface area contributed by atoms with Crippen molar-refractivity contribution >= 4 is 22.1 Å². The van der Waals surface area contributed by atoms with Gasteiger partial charge in [0.05, 0.1) is 6.61 Å². The Morgan fingerprint density at radius 1 is 0.574 bits per heavy atom. The van der Waals surface area contributed by atoms with Gasteiger partial charge in [0.1, 0.15) is 36.8 Å². The Kier molecular flexibility index (Phi) is 35.0. The zero-order chi connectivity index (χ0) is 44.8. The van der Waals surface area contributed by atoms with Gasteiger partial charge in [0.2, 0.25) is 0 Å². The van der Waals surface area contributed by atoms with Gasteiger partial charge in [-0.05, 0) is 57.8 Å². The summed E-state index contributed by atoms with van der Waals surface area (Å²) in [5.74, 6) is -2.02. The lowest BCUT2D eigenvalue weighted by molar-refractivity contribution is -0.297. The topological polar surface area (TPSA) is 186 Å². The number of allylic oxidation sites excluding steroid dienone is 10. The van der Waals surface area contributed by atoms with E-state index in [2.05, 4.69) is 50.3 Å². The average Bonchev–Trinajstić information content (AvgIpc) is 3.22. The summed E-state index contributed by atoms with van der Waals surface area (Å²) in [6, 6.07) is 0. The van der Waals surface area contributed by atoms with Crippen LogP contribution in [0.25, 0.3) is 0 Å². The largest absolute Gasteiger partial charge is 0.462 e. The summed E-state index contributed by atoms with van der Waals surface area (Å²) >= 11 is 0. The third kappa shape index (κ3) is 32.7. The fraction of sp³-hybridized carbons (Fsp3) is 0.750. The van der Waals surface area contributed by atoms with E-state index in [0.717, 1.165) is 64.2 Å². The minimum atomic E-state index is -4.61. The Morgan fingerprint density at radius 2 is 1.03 bits per heavy atom. The van der Waals surface area contributed by atoms with Gasteiger partial charge >= 0.3 is 11.9 Å². The van der Waals surface area contributed by atoms with Crippen LogP contribution in [0.2, 0.25) is 0 Å². The van der Waals surface area contributed by atoms with E-state index in [9.17, 15) is 37.9 Å². The summed E-state index contributed by atoms with van der Waals surface area (Å²) < 4.78 is 54.1. The van der Waals surface area contributed by atoms with Gasteiger partial charge in [-0.3, -0.25) is 14.1 Å². The van der Waals surface area contributed by atoms with Crippen LogP contribution in [0.3, 0.4) is 0 Å². The number of unbranched alkanes of at least 4 members (excludes halogenated alkanes) is 19. The first kappa shape index (κ1) is 56.4. The first-order chi connectivity index (χ1) is 29.5. The van der Waals surface area contributed by atoms with Crippen LogP contribution < -0.4 is 0 Å². The molecule has 1 heterocycles. The zero-order valence-electron chi connectivity index (χ0n) is 37.5. The van der Waals surface area contributed by atoms with Crippen molar-refractivity contribution in [3.63, 3.8) is 0 Å². The van der Waals surface area contributed by atoms with E-state index in [1.165, 1.54) is 70.6 Å². The minimum absolute atomic E-state index is 0.138. The second kappa shape index (κ2) is 37.9. The van der Waals surface area contributed by atoms with E-state index in [-0.39, 0.29) is 19.4 Å². The van der Waals surface area contributed by atoms with E-state index in [4.69, 9.17) is 18.9 Å². The quantitative estimate of drug-likeness (QED) is 0.0199. The standard InChI is InChI=1S/C48H82O12S/c1-3-5-7-9-11-13-15-17-18-19-20-21-22-23-25-26-28-30-32-34-36-43(49)57-38-41(39-58-48-47(53)46(52)45(51)42(60-48)40-61(54,55)56)59-44(50)37-35-33-31-29-27-24-16-14-12-10-8-6-4-2/h6,8,10,12-18,41-42,45-48,51-53H,3-5,7,9,11,19-40H2,1-2H3,(H,54,55,56)/b8-6+,12-10+,15-13+,16-14+,18-17+/t41?,42-,45-,46?,47?,48+/m1/s1. The fourth-order valence-electron chi connectivity index (χ4n) is 6.78. The molecule has 4 N–H and O–H groups in total. The Balaban J connectivity index is 2.41. The predicted molar refractivity (Wildman–Crippen MR) is 242 cm³/mol. The molecule has 1 aliphatic heterocycles. The second-order valence-electron chi connectivity index (χ2n) is 16.1. The van der Waals surface area contributed by atoms with Gasteiger partial charge in [0.25, 0.3) is 10.1 Å². The molecular formula is C48H82O12S. The maximum atomic E-state index is 12.8. The number of esters is 2. The summed E-state index contributed by atoms with van der Waals surface area (Å²) in [5.41, 5.74) is 0. The third-order valence-corrected chi connectivity index (χ3v) is 11.2. The maximum absolute atomic E-state index is 12.8. The molecule has 13 heteroatoms. The molecule has 0 radical (unpaired) electrons. The van der Waals surface area contributed by atoms with Gasteiger partial charge in [0, 0.05) is 12.8 Å². The molecule has 1 aliphatic rings. The smallest absolute Gasteiger partial charge is 0.306 e. The molecule has 1 saturated heterocycles. The molecule has 1 fully saturated rings. The molecule has 6 atom stereocenters. The van der Waals surface area contributed by atoms with Gasteiger partial charge in [-0.1, -0.05) is 164 Å². The van der Waals surface area contributed by atoms with E-state index in [0.29, 0.717) is 12.8 Å². The van der Waals surface area contributed by atoms with Gasteiger partial charge in [0.15, 0.2) is 12.4 Å². The van der Waals surface area contributed by atoms with Crippen LogP contribution in [-0.4, -0.2) is 96.0 Å². The van der Waals surface area contributed by atoms with Gasteiger partial charge in [-0.15, -0.1) is 0 Å². The van der Waals surface area contributed by atoms with E-state index < -0.39 is 71.2 Å². The van der Waals surface area contributed by atoms with E-state index in [1.54, 1.807) is 0 Å². The molecule has 0 saturated carbocycles. The van der Waals surface area contributed by atoms with Gasteiger partial charge in [-0.2, -0.15) is 8.42 Å². The molecule has 0 amide bonds. The number of carbonyl (C=O) groups is 2. The number of ether oxygens (including phenoxy) is 4. The van der Waals surface area contributed by atoms with Crippen LogP contribution in [0, 0.1) is 0 Å². The number of aliphatic hydroxyl groups excluding tert-OH is 3. The second-order valence-corrected chi connectivity index (χ2v) is 17.6. The molecular weight excluding hydrogens is 801 g/mol. The lowest BCUT2D eigenvalue weighted by Gasteiger charge is -2.40. The number of carbonyl (C=O) groups excluding carboxylic acids is 2. The van der Waals surface area contributed by atoms with Crippen molar-refractivity contribution < 1.29 is 56.8 Å². The summed E-state index contributed by atoms with van der Waals surface area (Å²) in [6.07, 6.45) is 36.9. The van der Waals surface area contributed by atoms with Crippen LogP contribution >= 0.6 is 0 Å². The van der Waals surface area contributed by atoms with E-state index >= 15 is 0 Å². The SMILES string of the molecule is CC/C=C/C=C/C=C/CCCCCCCC(=O)OC(COC(=O)CCCCCCCCCCCC/C=C/C=C/CCCCCC)CO[C@H]1O[C@H](CS(=O)(=O)O)[C@@H](O)C(O)C1O. The maximum Gasteiger partial charge on any atom is 0.306 e. The molecule has 0 aromatic heterocycles. The zero-order valence-corrected chi connectivity index (χ0v) is 38.3. The van der Waals surface area contributed by atoms with Crippen molar-refractivity contribution in [2.24, 2.45) is 0 Å². The van der Waals surface area contributed by atoms with Crippen LogP contribution in [0.1, 0.15) is 174 Å². The number of hydrogen-bond donors (Lipinski definition) is 4. The predicted octanol–water partition coefficient (Wildman–Crippen LogP) is 9.73. The van der Waals surface area contributed by atoms with E-state index in [1.807, 2.05) is 24.3 Å². The number of hydrogen-bond acceptors (Lipinski definition) is 11. The normalized spacial score (nSPS) is 20.5. The molecule has 0 aliphatic carbocycles. The Labute approximate surface area is 368 Å². The molecule has 0 spiro atoms. The summed E-state index contributed by atoms with van der Waals surface area (Å²) in [4.78, 5) is 25.4. The lowest BCUT2D eigenvalue weighted by Crippen LogP contribution is -2.60. The van der Waals surface area contributed by atoms with Gasteiger partial charge in [-0.25, -0.2) is 0 Å². The van der Waals surface area contributed by atoms with Crippen molar-refractivity contribution in [3.05, 3.63) is 60.8 Å².